The van der Waals surface area contributed by atoms with Crippen LogP contribution in [0.2, 0.25) is 0 Å². The average Bonchev–Trinajstić information content (AvgIpc) is 2.96. The number of β-amino-alcohol motifs (C(OH)–C–C–N with tert-alkyl or cyclic N) is 1. The third kappa shape index (κ3) is 6.02. The summed E-state index contributed by atoms with van der Waals surface area (Å²) >= 11 is 0. The predicted molar refractivity (Wildman–Crippen MR) is 105 cm³/mol. The van der Waals surface area contributed by atoms with E-state index in [1.807, 2.05) is 31.2 Å². The van der Waals surface area contributed by atoms with E-state index < -0.39 is 0 Å². The highest BCUT2D eigenvalue weighted by molar-refractivity contribution is 14.0. The molecule has 0 aromatic heterocycles. The molecule has 5 nitrogen and oxygen atoms in total. The lowest BCUT2D eigenvalue weighted by Crippen LogP contribution is -2.40. The number of nitrogens with zero attached hydrogens (tertiary/aromatic N) is 2. The fraction of sp³-hybridized carbons (Fsp3) is 0.471. The van der Waals surface area contributed by atoms with Crippen LogP contribution in [-0.2, 0) is 6.54 Å². The summed E-state index contributed by atoms with van der Waals surface area (Å²) in [7, 11) is 0. The van der Waals surface area contributed by atoms with Crippen molar-refractivity contribution in [2.75, 3.05) is 26.2 Å². The zero-order valence-electron chi connectivity index (χ0n) is 13.6. The van der Waals surface area contributed by atoms with Crippen LogP contribution < -0.4 is 10.1 Å². The van der Waals surface area contributed by atoms with E-state index in [9.17, 15) is 5.11 Å². The van der Waals surface area contributed by atoms with E-state index >= 15 is 0 Å². The van der Waals surface area contributed by atoms with Gasteiger partial charge in [0.15, 0.2) is 5.96 Å². The molecule has 0 amide bonds. The summed E-state index contributed by atoms with van der Waals surface area (Å²) in [6.07, 6.45) is 2.27. The second kappa shape index (κ2) is 10.5. The highest BCUT2D eigenvalue weighted by atomic mass is 127. The molecule has 1 aromatic rings. The van der Waals surface area contributed by atoms with Gasteiger partial charge in [-0.1, -0.05) is 30.9 Å². The third-order valence-electron chi connectivity index (χ3n) is 3.53. The van der Waals surface area contributed by atoms with Gasteiger partial charge in [-0.25, -0.2) is 4.99 Å². The Labute approximate surface area is 155 Å². The summed E-state index contributed by atoms with van der Waals surface area (Å²) in [5, 5.41) is 13.0. The summed E-state index contributed by atoms with van der Waals surface area (Å²) in [6, 6.07) is 7.90. The Morgan fingerprint density at radius 3 is 2.96 bits per heavy atom. The van der Waals surface area contributed by atoms with Crippen LogP contribution in [0.1, 0.15) is 18.9 Å². The monoisotopic (exact) mass is 431 g/mol. The third-order valence-corrected chi connectivity index (χ3v) is 3.53. The van der Waals surface area contributed by atoms with E-state index in [1.165, 1.54) is 0 Å². The summed E-state index contributed by atoms with van der Waals surface area (Å²) in [5.74, 6) is 1.68. The van der Waals surface area contributed by atoms with Gasteiger partial charge in [0.05, 0.1) is 12.6 Å². The normalized spacial score (nSPS) is 17.6. The highest BCUT2D eigenvalue weighted by Gasteiger charge is 2.22. The van der Waals surface area contributed by atoms with Gasteiger partial charge in [-0.2, -0.15) is 0 Å². The zero-order chi connectivity index (χ0) is 15.8. The van der Waals surface area contributed by atoms with Crippen molar-refractivity contribution in [2.45, 2.75) is 26.0 Å². The lowest BCUT2D eigenvalue weighted by Gasteiger charge is -2.21. The van der Waals surface area contributed by atoms with Crippen molar-refractivity contribution in [2.24, 2.45) is 4.99 Å². The van der Waals surface area contributed by atoms with Crippen LogP contribution in [0, 0.1) is 0 Å². The van der Waals surface area contributed by atoms with Gasteiger partial charge >= 0.3 is 0 Å². The summed E-state index contributed by atoms with van der Waals surface area (Å²) < 4.78 is 5.66. The lowest BCUT2D eigenvalue weighted by molar-refractivity contribution is 0.188. The molecule has 1 saturated heterocycles. The fourth-order valence-corrected chi connectivity index (χ4v) is 2.44. The molecule has 0 aliphatic carbocycles. The van der Waals surface area contributed by atoms with Crippen molar-refractivity contribution in [1.29, 1.82) is 0 Å². The van der Waals surface area contributed by atoms with E-state index in [4.69, 9.17) is 4.74 Å². The molecule has 0 saturated carbocycles. The number of aliphatic hydroxyl groups excluding tert-OH is 1. The molecule has 1 aliphatic heterocycles. The molecule has 1 aromatic carbocycles. The second-order valence-corrected chi connectivity index (χ2v) is 5.27. The predicted octanol–water partition coefficient (Wildman–Crippen LogP) is 2.40. The molecule has 1 aliphatic rings. The van der Waals surface area contributed by atoms with Gasteiger partial charge in [0.1, 0.15) is 12.4 Å². The van der Waals surface area contributed by atoms with Crippen molar-refractivity contribution in [3.8, 4) is 5.75 Å². The molecule has 2 rings (SSSR count). The first-order chi connectivity index (χ1) is 10.7. The number of ether oxygens (including phenoxy) is 1. The first-order valence-corrected chi connectivity index (χ1v) is 7.77. The Bertz CT molecular complexity index is 522. The number of para-hydroxylation sites is 1. The van der Waals surface area contributed by atoms with E-state index in [2.05, 4.69) is 21.8 Å². The van der Waals surface area contributed by atoms with Crippen LogP contribution in [0.5, 0.6) is 5.75 Å². The first kappa shape index (κ1) is 19.8. The van der Waals surface area contributed by atoms with Crippen LogP contribution in [0.4, 0.5) is 0 Å². The van der Waals surface area contributed by atoms with Gasteiger partial charge in [0.25, 0.3) is 0 Å². The van der Waals surface area contributed by atoms with Gasteiger partial charge in [-0.3, -0.25) is 0 Å². The number of hydrogen-bond donors (Lipinski definition) is 2. The molecule has 0 spiro atoms. The van der Waals surface area contributed by atoms with Crippen molar-refractivity contribution >= 4 is 29.9 Å². The lowest BCUT2D eigenvalue weighted by atomic mass is 10.2. The van der Waals surface area contributed by atoms with Crippen molar-refractivity contribution in [3.05, 3.63) is 42.5 Å². The number of likely N-dealkylation sites (tertiary alicyclic amines) is 1. The smallest absolute Gasteiger partial charge is 0.194 e. The molecule has 2 N–H and O–H groups in total. The van der Waals surface area contributed by atoms with E-state index in [0.29, 0.717) is 19.7 Å². The van der Waals surface area contributed by atoms with Crippen molar-refractivity contribution in [1.82, 2.24) is 10.2 Å². The molecule has 0 unspecified atom stereocenters. The van der Waals surface area contributed by atoms with Crippen LogP contribution in [0.15, 0.2) is 41.9 Å². The molecule has 1 fully saturated rings. The van der Waals surface area contributed by atoms with Gasteiger partial charge < -0.3 is 20.1 Å². The fourth-order valence-electron chi connectivity index (χ4n) is 2.44. The molecule has 1 atom stereocenters. The van der Waals surface area contributed by atoms with Gasteiger partial charge in [-0.05, 0) is 19.4 Å². The Morgan fingerprint density at radius 2 is 2.30 bits per heavy atom. The van der Waals surface area contributed by atoms with Crippen LogP contribution in [0.3, 0.4) is 0 Å². The number of benzene rings is 1. The number of hydrogen-bond acceptors (Lipinski definition) is 3. The molecule has 0 bridgehead atoms. The molecular weight excluding hydrogens is 405 g/mol. The maximum Gasteiger partial charge on any atom is 0.194 e. The maximum absolute atomic E-state index is 9.69. The number of aliphatic imine (C=N–C) groups is 1. The van der Waals surface area contributed by atoms with Crippen LogP contribution in [-0.4, -0.2) is 48.3 Å². The topological polar surface area (TPSA) is 57.1 Å². The Hall–Kier alpha value is -1.28. The Kier molecular flexibility index (Phi) is 9.01. The van der Waals surface area contributed by atoms with Crippen molar-refractivity contribution in [3.63, 3.8) is 0 Å². The van der Waals surface area contributed by atoms with Crippen LogP contribution in [0.25, 0.3) is 0 Å². The summed E-state index contributed by atoms with van der Waals surface area (Å²) in [6.45, 7) is 9.02. The average molecular weight is 431 g/mol. The Balaban J connectivity index is 0.00000264. The molecule has 128 valence electrons. The number of halogens is 1. The number of nitrogens with one attached hydrogen (secondary N) is 1. The van der Waals surface area contributed by atoms with Gasteiger partial charge in [-0.15, -0.1) is 24.0 Å². The molecule has 6 heteroatoms. The molecular formula is C17H26IN3O2. The maximum atomic E-state index is 9.69. The number of guanidine groups is 1. The standard InChI is InChI=1S/C17H25N3O2.HI/c1-3-11-22-16-8-6-5-7-14(16)12-19-17(18-4-2)20-10-9-15(21)13-20;/h3,5-8,15,21H,1,4,9-13H2,2H3,(H,18,19);1H/t15-;/m1./s1. The molecule has 23 heavy (non-hydrogen) atoms. The minimum absolute atomic E-state index is 0. The van der Waals surface area contributed by atoms with E-state index in [-0.39, 0.29) is 30.1 Å². The minimum atomic E-state index is -0.257. The van der Waals surface area contributed by atoms with Crippen molar-refractivity contribution < 1.29 is 9.84 Å². The second-order valence-electron chi connectivity index (χ2n) is 5.27. The quantitative estimate of drug-likeness (QED) is 0.315. The molecule has 1 heterocycles. The Morgan fingerprint density at radius 1 is 1.52 bits per heavy atom. The number of aliphatic hydroxyl groups is 1. The number of rotatable bonds is 6. The molecule has 0 radical (unpaired) electrons. The summed E-state index contributed by atoms with van der Waals surface area (Å²) in [5.41, 5.74) is 1.04. The zero-order valence-corrected chi connectivity index (χ0v) is 15.9. The van der Waals surface area contributed by atoms with Crippen LogP contribution >= 0.6 is 24.0 Å². The SMILES string of the molecule is C=CCOc1ccccc1CN=C(NCC)N1CC[C@@H](O)C1.I. The first-order valence-electron chi connectivity index (χ1n) is 7.77. The minimum Gasteiger partial charge on any atom is -0.489 e. The van der Waals surface area contributed by atoms with E-state index in [0.717, 1.165) is 36.8 Å². The van der Waals surface area contributed by atoms with Gasteiger partial charge in [0.2, 0.25) is 0 Å². The highest BCUT2D eigenvalue weighted by Crippen LogP contribution is 2.19. The largest absolute Gasteiger partial charge is 0.489 e. The van der Waals surface area contributed by atoms with Gasteiger partial charge in [0, 0.05) is 25.2 Å². The summed E-state index contributed by atoms with van der Waals surface area (Å²) in [4.78, 5) is 6.78. The van der Waals surface area contributed by atoms with E-state index in [1.54, 1.807) is 6.08 Å².